The summed E-state index contributed by atoms with van der Waals surface area (Å²) in [7, 11) is 0. The molecule has 0 aliphatic rings. The van der Waals surface area contributed by atoms with E-state index in [1.165, 1.54) is 5.56 Å². The molecule has 0 radical (unpaired) electrons. The molecule has 1 aromatic carbocycles. The molecule has 0 amide bonds. The molecule has 2 heteroatoms. The van der Waals surface area contributed by atoms with Crippen LogP contribution in [-0.2, 0) is 6.42 Å². The zero-order chi connectivity index (χ0) is 10.0. The van der Waals surface area contributed by atoms with E-state index in [9.17, 15) is 4.39 Å². The normalized spacial score (nSPS) is 13.0. The van der Waals surface area contributed by atoms with E-state index in [0.717, 1.165) is 17.5 Å². The molecule has 0 bridgehead atoms. The Balaban J connectivity index is 3.06. The molecule has 0 spiro atoms. The predicted octanol–water partition coefficient (Wildman–Crippen LogP) is 2.33. The van der Waals surface area contributed by atoms with Gasteiger partial charge in [-0.2, -0.15) is 0 Å². The van der Waals surface area contributed by atoms with Crippen LogP contribution in [0.4, 0.5) is 4.39 Å². The lowest BCUT2D eigenvalue weighted by atomic mass is 9.97. The Bertz CT molecular complexity index is 282. The predicted molar refractivity (Wildman–Crippen MR) is 53.2 cm³/mol. The van der Waals surface area contributed by atoms with E-state index >= 15 is 0 Å². The van der Waals surface area contributed by atoms with Crippen LogP contribution in [0.5, 0.6) is 0 Å². The minimum atomic E-state index is -0.163. The largest absolute Gasteiger partial charge is 0.328 e. The number of nitrogens with two attached hydrogens (primary N) is 1. The summed E-state index contributed by atoms with van der Waals surface area (Å²) in [5.41, 5.74) is 8.87. The van der Waals surface area contributed by atoms with E-state index in [0.29, 0.717) is 0 Å². The van der Waals surface area contributed by atoms with E-state index in [1.807, 2.05) is 20.8 Å². The second-order valence-electron chi connectivity index (χ2n) is 3.70. The zero-order valence-corrected chi connectivity index (χ0v) is 8.39. The molecule has 1 aromatic rings. The summed E-state index contributed by atoms with van der Waals surface area (Å²) in [5.74, 6) is -0.163. The van der Waals surface area contributed by atoms with Gasteiger partial charge in [-0.25, -0.2) is 4.39 Å². The number of benzene rings is 1. The van der Waals surface area contributed by atoms with E-state index in [-0.39, 0.29) is 11.9 Å². The Labute approximate surface area is 78.8 Å². The number of hydrogen-bond donors (Lipinski definition) is 1. The molecule has 72 valence electrons. The van der Waals surface area contributed by atoms with Crippen molar-refractivity contribution in [2.75, 3.05) is 0 Å². The third-order valence-corrected chi connectivity index (χ3v) is 2.19. The van der Waals surface area contributed by atoms with Crippen molar-refractivity contribution in [2.45, 2.75) is 33.2 Å². The molecule has 0 saturated heterocycles. The topological polar surface area (TPSA) is 26.0 Å². The molecular formula is C11H16FN. The summed E-state index contributed by atoms with van der Waals surface area (Å²) >= 11 is 0. The minimum absolute atomic E-state index is 0.128. The van der Waals surface area contributed by atoms with Crippen molar-refractivity contribution in [1.29, 1.82) is 0 Å². The van der Waals surface area contributed by atoms with Gasteiger partial charge in [-0.15, -0.1) is 0 Å². The minimum Gasteiger partial charge on any atom is -0.328 e. The zero-order valence-electron chi connectivity index (χ0n) is 8.39. The first kappa shape index (κ1) is 10.2. The molecule has 0 aromatic heterocycles. The fourth-order valence-electron chi connectivity index (χ4n) is 1.58. The van der Waals surface area contributed by atoms with Gasteiger partial charge in [0.1, 0.15) is 5.82 Å². The summed E-state index contributed by atoms with van der Waals surface area (Å²) in [4.78, 5) is 0. The summed E-state index contributed by atoms with van der Waals surface area (Å²) in [6.45, 7) is 5.81. The van der Waals surface area contributed by atoms with Gasteiger partial charge in [0.05, 0.1) is 0 Å². The average Bonchev–Trinajstić information content (AvgIpc) is 1.96. The van der Waals surface area contributed by atoms with Crippen LogP contribution in [-0.4, -0.2) is 6.04 Å². The number of rotatable bonds is 2. The van der Waals surface area contributed by atoms with Crippen LogP contribution < -0.4 is 5.73 Å². The molecule has 0 heterocycles. The Hall–Kier alpha value is -0.890. The van der Waals surface area contributed by atoms with Crippen LogP contribution in [0, 0.1) is 19.7 Å². The van der Waals surface area contributed by atoms with Gasteiger partial charge in [-0.1, -0.05) is 0 Å². The quantitative estimate of drug-likeness (QED) is 0.744. The van der Waals surface area contributed by atoms with Crippen LogP contribution in [0.25, 0.3) is 0 Å². The van der Waals surface area contributed by atoms with Gasteiger partial charge >= 0.3 is 0 Å². The van der Waals surface area contributed by atoms with Crippen molar-refractivity contribution >= 4 is 0 Å². The molecule has 0 fully saturated rings. The lowest BCUT2D eigenvalue weighted by Gasteiger charge is -2.12. The van der Waals surface area contributed by atoms with Crippen molar-refractivity contribution in [3.63, 3.8) is 0 Å². The lowest BCUT2D eigenvalue weighted by Crippen LogP contribution is -2.19. The van der Waals surface area contributed by atoms with E-state index < -0.39 is 0 Å². The van der Waals surface area contributed by atoms with Gasteiger partial charge in [0.25, 0.3) is 0 Å². The standard InChI is InChI=1S/C11H16FN/c1-7-4-10(12)5-8(2)11(7)6-9(3)13/h4-5,9H,6,13H2,1-3H3. The van der Waals surface area contributed by atoms with Crippen LogP contribution in [0.1, 0.15) is 23.6 Å². The number of halogens is 1. The Morgan fingerprint density at radius 3 is 2.15 bits per heavy atom. The third kappa shape index (κ3) is 2.52. The first-order valence-corrected chi connectivity index (χ1v) is 4.52. The van der Waals surface area contributed by atoms with Gasteiger partial charge in [0.15, 0.2) is 0 Å². The maximum absolute atomic E-state index is 12.9. The maximum Gasteiger partial charge on any atom is 0.123 e. The van der Waals surface area contributed by atoms with Crippen LogP contribution >= 0.6 is 0 Å². The second kappa shape index (κ2) is 3.88. The highest BCUT2D eigenvalue weighted by Crippen LogP contribution is 2.17. The average molecular weight is 181 g/mol. The van der Waals surface area contributed by atoms with Crippen molar-refractivity contribution in [2.24, 2.45) is 5.73 Å². The molecular weight excluding hydrogens is 165 g/mol. The molecule has 1 nitrogen and oxygen atoms in total. The smallest absolute Gasteiger partial charge is 0.123 e. The summed E-state index contributed by atoms with van der Waals surface area (Å²) in [6, 6.07) is 3.25. The molecule has 1 unspecified atom stereocenters. The molecule has 1 atom stereocenters. The van der Waals surface area contributed by atoms with Crippen LogP contribution in [0.15, 0.2) is 12.1 Å². The van der Waals surface area contributed by atoms with Gasteiger partial charge in [0.2, 0.25) is 0 Å². The summed E-state index contributed by atoms with van der Waals surface area (Å²) in [6.07, 6.45) is 0.817. The molecule has 13 heavy (non-hydrogen) atoms. The second-order valence-corrected chi connectivity index (χ2v) is 3.70. The van der Waals surface area contributed by atoms with Gasteiger partial charge in [-0.05, 0) is 56.0 Å². The van der Waals surface area contributed by atoms with Crippen molar-refractivity contribution in [1.82, 2.24) is 0 Å². The van der Waals surface area contributed by atoms with Gasteiger partial charge in [0, 0.05) is 6.04 Å². The molecule has 0 aliphatic heterocycles. The SMILES string of the molecule is Cc1cc(F)cc(C)c1CC(C)N. The molecule has 0 aliphatic carbocycles. The maximum atomic E-state index is 12.9. The van der Waals surface area contributed by atoms with Crippen LogP contribution in [0.3, 0.4) is 0 Å². The third-order valence-electron chi connectivity index (χ3n) is 2.19. The highest BCUT2D eigenvalue weighted by Gasteiger charge is 2.06. The first-order chi connectivity index (χ1) is 6.00. The highest BCUT2D eigenvalue weighted by atomic mass is 19.1. The van der Waals surface area contributed by atoms with E-state index in [4.69, 9.17) is 5.73 Å². The van der Waals surface area contributed by atoms with Gasteiger partial charge < -0.3 is 5.73 Å². The van der Waals surface area contributed by atoms with Crippen molar-refractivity contribution in [3.05, 3.63) is 34.6 Å². The highest BCUT2D eigenvalue weighted by molar-refractivity contribution is 5.34. The Kier molecular flexibility index (Phi) is 3.04. The Morgan fingerprint density at radius 1 is 1.31 bits per heavy atom. The molecule has 1 rings (SSSR count). The van der Waals surface area contributed by atoms with Gasteiger partial charge in [-0.3, -0.25) is 0 Å². The lowest BCUT2D eigenvalue weighted by molar-refractivity contribution is 0.622. The van der Waals surface area contributed by atoms with E-state index in [2.05, 4.69) is 0 Å². The fourth-order valence-corrected chi connectivity index (χ4v) is 1.58. The summed E-state index contributed by atoms with van der Waals surface area (Å²) in [5, 5.41) is 0. The van der Waals surface area contributed by atoms with Crippen molar-refractivity contribution < 1.29 is 4.39 Å². The summed E-state index contributed by atoms with van der Waals surface area (Å²) < 4.78 is 12.9. The fraction of sp³-hybridized carbons (Fsp3) is 0.455. The monoisotopic (exact) mass is 181 g/mol. The first-order valence-electron chi connectivity index (χ1n) is 4.52. The van der Waals surface area contributed by atoms with Crippen LogP contribution in [0.2, 0.25) is 0 Å². The van der Waals surface area contributed by atoms with E-state index in [1.54, 1.807) is 12.1 Å². The number of hydrogen-bond acceptors (Lipinski definition) is 1. The number of aryl methyl sites for hydroxylation is 2. The Morgan fingerprint density at radius 2 is 1.77 bits per heavy atom. The van der Waals surface area contributed by atoms with Crippen molar-refractivity contribution in [3.8, 4) is 0 Å². The molecule has 0 saturated carbocycles. The molecule has 2 N–H and O–H groups in total.